The standard InChI is InChI=1S/C23H28Cl2N2O2S/c1-16(22(29)26-23(2,3)4)27(13-17-8-6-5-7-9-17)21(28)15-30-14-18-10-11-19(24)12-20(18)25/h5-12,16H,13-15H2,1-4H3,(H,26,29)/t16-/m0/s1. The lowest BCUT2D eigenvalue weighted by Gasteiger charge is -2.31. The summed E-state index contributed by atoms with van der Waals surface area (Å²) in [6.07, 6.45) is 0. The molecule has 1 N–H and O–H groups in total. The van der Waals surface area contributed by atoms with E-state index in [1.165, 1.54) is 11.8 Å². The van der Waals surface area contributed by atoms with Crippen molar-refractivity contribution >= 4 is 46.8 Å². The third-order valence-corrected chi connectivity index (χ3v) is 5.91. The second-order valence-electron chi connectivity index (χ2n) is 8.15. The number of rotatable bonds is 8. The SMILES string of the molecule is C[C@@H](C(=O)NC(C)(C)C)N(Cc1ccccc1)C(=O)CSCc1ccc(Cl)cc1Cl. The predicted molar refractivity (Wildman–Crippen MR) is 127 cm³/mol. The summed E-state index contributed by atoms with van der Waals surface area (Å²) in [5.41, 5.74) is 1.53. The fourth-order valence-corrected chi connectivity index (χ4v) is 4.28. The Balaban J connectivity index is 2.08. The maximum Gasteiger partial charge on any atom is 0.242 e. The monoisotopic (exact) mass is 466 g/mol. The molecule has 2 aromatic carbocycles. The zero-order valence-electron chi connectivity index (χ0n) is 17.7. The summed E-state index contributed by atoms with van der Waals surface area (Å²) in [4.78, 5) is 27.4. The predicted octanol–water partition coefficient (Wildman–Crippen LogP) is 5.56. The summed E-state index contributed by atoms with van der Waals surface area (Å²) >= 11 is 13.6. The van der Waals surface area contributed by atoms with Crippen molar-refractivity contribution in [1.29, 1.82) is 0 Å². The average Bonchev–Trinajstić information content (AvgIpc) is 2.66. The first-order chi connectivity index (χ1) is 14.1. The van der Waals surface area contributed by atoms with Gasteiger partial charge in [0.2, 0.25) is 11.8 Å². The van der Waals surface area contributed by atoms with E-state index in [9.17, 15) is 9.59 Å². The molecule has 0 fully saturated rings. The lowest BCUT2D eigenvalue weighted by Crippen LogP contribution is -2.52. The largest absolute Gasteiger partial charge is 0.350 e. The van der Waals surface area contributed by atoms with Gasteiger partial charge in [0.1, 0.15) is 6.04 Å². The van der Waals surface area contributed by atoms with Gasteiger partial charge in [-0.05, 0) is 51.0 Å². The minimum atomic E-state index is -0.586. The summed E-state index contributed by atoms with van der Waals surface area (Å²) in [5.74, 6) is 0.575. The Kier molecular flexibility index (Phi) is 9.08. The van der Waals surface area contributed by atoms with Gasteiger partial charge in [-0.3, -0.25) is 9.59 Å². The first-order valence-corrected chi connectivity index (χ1v) is 11.6. The third-order valence-electron chi connectivity index (χ3n) is 4.36. The molecule has 0 bridgehead atoms. The Labute approximate surface area is 193 Å². The van der Waals surface area contributed by atoms with Gasteiger partial charge in [-0.25, -0.2) is 0 Å². The molecular formula is C23H28Cl2N2O2S. The number of halogens is 2. The van der Waals surface area contributed by atoms with Crippen LogP contribution in [0, 0.1) is 0 Å². The lowest BCUT2D eigenvalue weighted by molar-refractivity contribution is -0.139. The molecule has 0 saturated carbocycles. The van der Waals surface area contributed by atoms with Gasteiger partial charge < -0.3 is 10.2 Å². The highest BCUT2D eigenvalue weighted by Crippen LogP contribution is 2.25. The van der Waals surface area contributed by atoms with Crippen molar-refractivity contribution in [3.05, 3.63) is 69.7 Å². The first kappa shape index (κ1) is 24.6. The number of hydrogen-bond donors (Lipinski definition) is 1. The van der Waals surface area contributed by atoms with E-state index in [-0.39, 0.29) is 23.1 Å². The van der Waals surface area contributed by atoms with Gasteiger partial charge in [0.05, 0.1) is 5.75 Å². The fraction of sp³-hybridized carbons (Fsp3) is 0.391. The molecule has 2 aromatic rings. The molecule has 0 saturated heterocycles. The van der Waals surface area contributed by atoms with Crippen LogP contribution in [0.25, 0.3) is 0 Å². The zero-order valence-corrected chi connectivity index (χ0v) is 20.1. The molecule has 0 aromatic heterocycles. The Bertz CT molecular complexity index is 869. The summed E-state index contributed by atoms with van der Waals surface area (Å²) in [5, 5.41) is 4.13. The molecule has 0 aliphatic rings. The number of nitrogens with zero attached hydrogens (tertiary/aromatic N) is 1. The quantitative estimate of drug-likeness (QED) is 0.553. The van der Waals surface area contributed by atoms with E-state index >= 15 is 0 Å². The van der Waals surface area contributed by atoms with Crippen LogP contribution in [-0.4, -0.2) is 34.0 Å². The van der Waals surface area contributed by atoms with Gasteiger partial charge in [0, 0.05) is 27.9 Å². The Morgan fingerprint density at radius 2 is 1.77 bits per heavy atom. The molecule has 0 unspecified atom stereocenters. The van der Waals surface area contributed by atoms with Crippen LogP contribution in [0.4, 0.5) is 0 Å². The highest BCUT2D eigenvalue weighted by molar-refractivity contribution is 7.99. The van der Waals surface area contributed by atoms with Crippen molar-refractivity contribution in [3.63, 3.8) is 0 Å². The van der Waals surface area contributed by atoms with Crippen LogP contribution < -0.4 is 5.32 Å². The minimum Gasteiger partial charge on any atom is -0.350 e. The van der Waals surface area contributed by atoms with Crippen LogP contribution in [0.3, 0.4) is 0 Å². The first-order valence-electron chi connectivity index (χ1n) is 9.74. The molecule has 1 atom stereocenters. The fourth-order valence-electron chi connectivity index (χ4n) is 2.81. The Morgan fingerprint density at radius 1 is 1.10 bits per heavy atom. The second kappa shape index (κ2) is 11.1. The summed E-state index contributed by atoms with van der Waals surface area (Å²) in [6.45, 7) is 7.91. The van der Waals surface area contributed by atoms with Crippen molar-refractivity contribution in [2.24, 2.45) is 0 Å². The van der Waals surface area contributed by atoms with Crippen LogP contribution in [0.5, 0.6) is 0 Å². The number of benzene rings is 2. The number of hydrogen-bond acceptors (Lipinski definition) is 3. The number of amides is 2. The highest BCUT2D eigenvalue weighted by atomic mass is 35.5. The topological polar surface area (TPSA) is 49.4 Å². The van der Waals surface area contributed by atoms with E-state index in [4.69, 9.17) is 23.2 Å². The molecule has 0 aliphatic heterocycles. The zero-order chi connectivity index (χ0) is 22.3. The molecule has 0 heterocycles. The maximum atomic E-state index is 13.1. The van der Waals surface area contributed by atoms with E-state index in [1.54, 1.807) is 24.0 Å². The van der Waals surface area contributed by atoms with Crippen LogP contribution >= 0.6 is 35.0 Å². The normalized spacial score (nSPS) is 12.3. The van der Waals surface area contributed by atoms with Gasteiger partial charge in [0.15, 0.2) is 0 Å². The number of carbonyl (C=O) groups is 2. The number of nitrogens with one attached hydrogen (secondary N) is 1. The third kappa shape index (κ3) is 7.86. The minimum absolute atomic E-state index is 0.0921. The van der Waals surface area contributed by atoms with Crippen LogP contribution in [0.1, 0.15) is 38.8 Å². The number of carbonyl (C=O) groups excluding carboxylic acids is 2. The molecule has 2 amide bonds. The van der Waals surface area contributed by atoms with Gasteiger partial charge >= 0.3 is 0 Å². The molecular weight excluding hydrogens is 439 g/mol. The van der Waals surface area contributed by atoms with Crippen LogP contribution in [0.2, 0.25) is 10.0 Å². The molecule has 0 radical (unpaired) electrons. The van der Waals surface area contributed by atoms with Gasteiger partial charge in [-0.2, -0.15) is 0 Å². The average molecular weight is 467 g/mol. The maximum absolute atomic E-state index is 13.1. The highest BCUT2D eigenvalue weighted by Gasteiger charge is 2.28. The molecule has 30 heavy (non-hydrogen) atoms. The van der Waals surface area contributed by atoms with Gasteiger partial charge in [0.25, 0.3) is 0 Å². The van der Waals surface area contributed by atoms with Gasteiger partial charge in [-0.15, -0.1) is 11.8 Å². The Hall–Kier alpha value is -1.69. The van der Waals surface area contributed by atoms with E-state index < -0.39 is 6.04 Å². The molecule has 2 rings (SSSR count). The van der Waals surface area contributed by atoms with Crippen molar-refractivity contribution < 1.29 is 9.59 Å². The molecule has 162 valence electrons. The smallest absolute Gasteiger partial charge is 0.242 e. The van der Waals surface area contributed by atoms with Gasteiger partial charge in [-0.1, -0.05) is 59.6 Å². The van der Waals surface area contributed by atoms with Crippen LogP contribution in [-0.2, 0) is 21.9 Å². The van der Waals surface area contributed by atoms with E-state index in [0.717, 1.165) is 11.1 Å². The molecule has 7 heteroatoms. The molecule has 0 aliphatic carbocycles. The summed E-state index contributed by atoms with van der Waals surface area (Å²) in [7, 11) is 0. The lowest BCUT2D eigenvalue weighted by atomic mass is 10.1. The second-order valence-corrected chi connectivity index (χ2v) is 9.98. The van der Waals surface area contributed by atoms with Crippen LogP contribution in [0.15, 0.2) is 48.5 Å². The molecule has 4 nitrogen and oxygen atoms in total. The van der Waals surface area contributed by atoms with Crippen molar-refractivity contribution in [1.82, 2.24) is 10.2 Å². The summed E-state index contributed by atoms with van der Waals surface area (Å²) < 4.78 is 0. The molecule has 0 spiro atoms. The number of thioether (sulfide) groups is 1. The van der Waals surface area contributed by atoms with E-state index in [2.05, 4.69) is 5.32 Å². The van der Waals surface area contributed by atoms with Crippen molar-refractivity contribution in [3.8, 4) is 0 Å². The Morgan fingerprint density at radius 3 is 2.37 bits per heavy atom. The van der Waals surface area contributed by atoms with E-state index in [0.29, 0.717) is 22.3 Å². The van der Waals surface area contributed by atoms with Crippen molar-refractivity contribution in [2.75, 3.05) is 5.75 Å². The van der Waals surface area contributed by atoms with Crippen molar-refractivity contribution in [2.45, 2.75) is 51.6 Å². The summed E-state index contributed by atoms with van der Waals surface area (Å²) in [6, 6.07) is 14.4. The van der Waals surface area contributed by atoms with E-state index in [1.807, 2.05) is 57.2 Å².